The summed E-state index contributed by atoms with van der Waals surface area (Å²) in [5.41, 5.74) is 0.00551. The average molecular weight is 244 g/mol. The van der Waals surface area contributed by atoms with Gasteiger partial charge in [-0.3, -0.25) is 4.79 Å². The van der Waals surface area contributed by atoms with Crippen molar-refractivity contribution in [3.63, 3.8) is 0 Å². The first kappa shape index (κ1) is 16.4. The maximum absolute atomic E-state index is 11.3. The van der Waals surface area contributed by atoms with E-state index < -0.39 is 0 Å². The Morgan fingerprint density at radius 1 is 1.29 bits per heavy atom. The van der Waals surface area contributed by atoms with Crippen LogP contribution in [0, 0.1) is 5.41 Å². The number of hydrogen-bond donors (Lipinski definition) is 2. The Bertz CT molecular complexity index is 205. The smallest absolute Gasteiger partial charge is 0.222 e. The number of rotatable bonds is 9. The van der Waals surface area contributed by atoms with Gasteiger partial charge in [-0.25, -0.2) is 0 Å². The van der Waals surface area contributed by atoms with Gasteiger partial charge in [-0.1, -0.05) is 13.8 Å². The Kier molecular flexibility index (Phi) is 8.17. The second-order valence-corrected chi connectivity index (χ2v) is 4.93. The number of hydrogen-bond acceptors (Lipinski definition) is 3. The van der Waals surface area contributed by atoms with Gasteiger partial charge >= 0.3 is 0 Å². The lowest BCUT2D eigenvalue weighted by Gasteiger charge is -2.29. The first-order chi connectivity index (χ1) is 8.01. The van der Waals surface area contributed by atoms with Crippen LogP contribution in [0.15, 0.2) is 0 Å². The maximum Gasteiger partial charge on any atom is 0.222 e. The predicted molar refractivity (Wildman–Crippen MR) is 70.9 cm³/mol. The molecule has 1 amide bonds. The molecule has 0 saturated heterocycles. The Morgan fingerprint density at radius 3 is 2.29 bits per heavy atom. The first-order valence-electron chi connectivity index (χ1n) is 6.53. The highest BCUT2D eigenvalue weighted by Gasteiger charge is 2.24. The van der Waals surface area contributed by atoms with E-state index in [2.05, 4.69) is 19.2 Å². The van der Waals surface area contributed by atoms with Crippen molar-refractivity contribution in [2.75, 3.05) is 33.8 Å². The lowest BCUT2D eigenvalue weighted by molar-refractivity contribution is -0.128. The summed E-state index contributed by atoms with van der Waals surface area (Å²) in [6, 6.07) is 0. The molecule has 0 aromatic heterocycles. The minimum absolute atomic E-state index is 0.00551. The summed E-state index contributed by atoms with van der Waals surface area (Å²) < 4.78 is 0. The van der Waals surface area contributed by atoms with Crippen molar-refractivity contribution < 1.29 is 9.90 Å². The van der Waals surface area contributed by atoms with Crippen molar-refractivity contribution in [2.24, 2.45) is 5.41 Å². The van der Waals surface area contributed by atoms with Crippen LogP contribution in [0.1, 0.15) is 39.5 Å². The van der Waals surface area contributed by atoms with Gasteiger partial charge in [0.2, 0.25) is 5.91 Å². The molecule has 0 atom stereocenters. The number of amides is 1. The maximum atomic E-state index is 11.3. The zero-order valence-corrected chi connectivity index (χ0v) is 11.8. The molecule has 0 aliphatic carbocycles. The Labute approximate surface area is 105 Å². The van der Waals surface area contributed by atoms with Gasteiger partial charge in [0, 0.05) is 39.1 Å². The van der Waals surface area contributed by atoms with E-state index in [0.29, 0.717) is 6.42 Å². The number of carbonyl (C=O) groups excluding carboxylic acids is 1. The Balaban J connectivity index is 3.73. The van der Waals surface area contributed by atoms with Crippen LogP contribution in [0.3, 0.4) is 0 Å². The summed E-state index contributed by atoms with van der Waals surface area (Å²) in [6.07, 6.45) is 3.39. The minimum Gasteiger partial charge on any atom is -0.396 e. The highest BCUT2D eigenvalue weighted by Crippen LogP contribution is 2.24. The molecular weight excluding hydrogens is 216 g/mol. The third-order valence-electron chi connectivity index (χ3n) is 3.58. The van der Waals surface area contributed by atoms with Crippen LogP contribution in [-0.2, 0) is 4.79 Å². The van der Waals surface area contributed by atoms with Gasteiger partial charge in [-0.2, -0.15) is 0 Å². The summed E-state index contributed by atoms with van der Waals surface area (Å²) in [5.74, 6) is 0.172. The Hall–Kier alpha value is -0.610. The molecular formula is C13H28N2O2. The molecule has 2 N–H and O–H groups in total. The molecule has 0 heterocycles. The molecule has 102 valence electrons. The summed E-state index contributed by atoms with van der Waals surface area (Å²) in [5, 5.41) is 12.7. The molecule has 0 saturated carbocycles. The zero-order valence-electron chi connectivity index (χ0n) is 11.8. The van der Waals surface area contributed by atoms with E-state index in [1.165, 1.54) is 0 Å². The van der Waals surface area contributed by atoms with Crippen LogP contribution in [0.25, 0.3) is 0 Å². The lowest BCUT2D eigenvalue weighted by Crippen LogP contribution is -2.37. The first-order valence-corrected chi connectivity index (χ1v) is 6.53. The van der Waals surface area contributed by atoms with Gasteiger partial charge in [0.05, 0.1) is 0 Å². The minimum atomic E-state index is 0.00551. The average Bonchev–Trinajstić information content (AvgIpc) is 2.34. The van der Waals surface area contributed by atoms with Crippen LogP contribution in [0.5, 0.6) is 0 Å². The second kappa shape index (κ2) is 8.48. The molecule has 0 aromatic carbocycles. The standard InChI is InChI=1S/C13H28N2O2/c1-5-13(6-2,11-16)10-14-9-7-8-12(17)15(3)4/h14,16H,5-11H2,1-4H3. The number of nitrogens with one attached hydrogen (secondary N) is 1. The van der Waals surface area contributed by atoms with E-state index in [-0.39, 0.29) is 17.9 Å². The van der Waals surface area contributed by atoms with E-state index >= 15 is 0 Å². The highest BCUT2D eigenvalue weighted by molar-refractivity contribution is 5.75. The van der Waals surface area contributed by atoms with Crippen molar-refractivity contribution in [3.8, 4) is 0 Å². The lowest BCUT2D eigenvalue weighted by atomic mass is 9.83. The SMILES string of the molecule is CCC(CC)(CO)CNCCCC(=O)N(C)C. The van der Waals surface area contributed by atoms with Crippen LogP contribution >= 0.6 is 0 Å². The molecule has 17 heavy (non-hydrogen) atoms. The van der Waals surface area contributed by atoms with Crippen molar-refractivity contribution in [1.82, 2.24) is 10.2 Å². The van der Waals surface area contributed by atoms with E-state index in [4.69, 9.17) is 0 Å². The van der Waals surface area contributed by atoms with Crippen LogP contribution in [0.4, 0.5) is 0 Å². The van der Waals surface area contributed by atoms with Crippen molar-refractivity contribution in [3.05, 3.63) is 0 Å². The van der Waals surface area contributed by atoms with E-state index in [0.717, 1.165) is 32.4 Å². The molecule has 0 rings (SSSR count). The van der Waals surface area contributed by atoms with Crippen LogP contribution in [-0.4, -0.2) is 49.7 Å². The van der Waals surface area contributed by atoms with Crippen molar-refractivity contribution >= 4 is 5.91 Å². The highest BCUT2D eigenvalue weighted by atomic mass is 16.3. The quantitative estimate of drug-likeness (QED) is 0.600. The van der Waals surface area contributed by atoms with Crippen molar-refractivity contribution in [1.29, 1.82) is 0 Å². The monoisotopic (exact) mass is 244 g/mol. The zero-order chi connectivity index (χ0) is 13.3. The topological polar surface area (TPSA) is 52.6 Å². The molecule has 0 radical (unpaired) electrons. The number of aliphatic hydroxyl groups is 1. The second-order valence-electron chi connectivity index (χ2n) is 4.93. The van der Waals surface area contributed by atoms with E-state index in [1.54, 1.807) is 19.0 Å². The van der Waals surface area contributed by atoms with Crippen LogP contribution in [0.2, 0.25) is 0 Å². The fourth-order valence-electron chi connectivity index (χ4n) is 1.72. The molecule has 0 bridgehead atoms. The van der Waals surface area contributed by atoms with Crippen LogP contribution < -0.4 is 5.32 Å². The van der Waals surface area contributed by atoms with E-state index in [9.17, 15) is 9.90 Å². The summed E-state index contributed by atoms with van der Waals surface area (Å²) >= 11 is 0. The summed E-state index contributed by atoms with van der Waals surface area (Å²) in [6.45, 7) is 6.10. The van der Waals surface area contributed by atoms with E-state index in [1.807, 2.05) is 0 Å². The number of aliphatic hydroxyl groups excluding tert-OH is 1. The van der Waals surface area contributed by atoms with Gasteiger partial charge in [0.1, 0.15) is 0 Å². The predicted octanol–water partition coefficient (Wildman–Crippen LogP) is 1.24. The molecule has 0 spiro atoms. The molecule has 0 fully saturated rings. The Morgan fingerprint density at radius 2 is 1.88 bits per heavy atom. The normalized spacial score (nSPS) is 11.6. The number of nitrogens with zero attached hydrogens (tertiary/aromatic N) is 1. The molecule has 4 nitrogen and oxygen atoms in total. The molecule has 0 aromatic rings. The largest absolute Gasteiger partial charge is 0.396 e. The van der Waals surface area contributed by atoms with Gasteiger partial charge in [0.15, 0.2) is 0 Å². The summed E-state index contributed by atoms with van der Waals surface area (Å²) in [7, 11) is 3.56. The fraction of sp³-hybridized carbons (Fsp3) is 0.923. The molecule has 0 aliphatic rings. The van der Waals surface area contributed by atoms with Crippen molar-refractivity contribution in [2.45, 2.75) is 39.5 Å². The summed E-state index contributed by atoms with van der Waals surface area (Å²) in [4.78, 5) is 13.0. The third-order valence-corrected chi connectivity index (χ3v) is 3.58. The fourth-order valence-corrected chi connectivity index (χ4v) is 1.72. The number of carbonyl (C=O) groups is 1. The third kappa shape index (κ3) is 6.03. The van der Waals surface area contributed by atoms with Gasteiger partial charge in [0.25, 0.3) is 0 Å². The molecule has 4 heteroatoms. The van der Waals surface area contributed by atoms with Gasteiger partial charge < -0.3 is 15.3 Å². The van der Waals surface area contributed by atoms with Gasteiger partial charge in [-0.15, -0.1) is 0 Å². The molecule has 0 unspecified atom stereocenters. The van der Waals surface area contributed by atoms with Gasteiger partial charge in [-0.05, 0) is 25.8 Å². The molecule has 0 aliphatic heterocycles.